The zero-order valence-corrected chi connectivity index (χ0v) is 9.29. The largest absolute Gasteiger partial charge is 0.465 e. The highest BCUT2D eigenvalue weighted by Crippen LogP contribution is 2.29. The first-order chi connectivity index (χ1) is 7.99. The van der Waals surface area contributed by atoms with Gasteiger partial charge in [0.2, 0.25) is 0 Å². The number of ether oxygens (including phenoxy) is 2. The van der Waals surface area contributed by atoms with E-state index in [1.54, 1.807) is 6.07 Å². The maximum absolute atomic E-state index is 12.1. The molecular formula is C10H6ClF2NO3. The second-order valence-electron chi connectivity index (χ2n) is 2.81. The van der Waals surface area contributed by atoms with Crippen LogP contribution in [0.25, 0.3) is 0 Å². The van der Waals surface area contributed by atoms with E-state index in [4.69, 9.17) is 16.9 Å². The maximum atomic E-state index is 12.1. The minimum Gasteiger partial charge on any atom is -0.465 e. The average molecular weight is 262 g/mol. The van der Waals surface area contributed by atoms with Crippen LogP contribution < -0.4 is 4.74 Å². The lowest BCUT2D eigenvalue weighted by Crippen LogP contribution is -2.07. The van der Waals surface area contributed by atoms with Crippen LogP contribution in [0, 0.1) is 11.3 Å². The predicted octanol–water partition coefficient (Wildman–Crippen LogP) is 2.60. The summed E-state index contributed by atoms with van der Waals surface area (Å²) >= 11 is 5.66. The molecule has 1 rings (SSSR count). The Hall–Kier alpha value is -1.87. The fourth-order valence-corrected chi connectivity index (χ4v) is 1.37. The van der Waals surface area contributed by atoms with Crippen LogP contribution in [0.4, 0.5) is 8.78 Å². The molecule has 0 fully saturated rings. The summed E-state index contributed by atoms with van der Waals surface area (Å²) in [6.07, 6.45) is 0. The molecule has 0 amide bonds. The van der Waals surface area contributed by atoms with E-state index < -0.39 is 18.3 Å². The first-order valence-electron chi connectivity index (χ1n) is 4.26. The van der Waals surface area contributed by atoms with E-state index in [9.17, 15) is 13.6 Å². The summed E-state index contributed by atoms with van der Waals surface area (Å²) < 4.78 is 32.7. The highest BCUT2D eigenvalue weighted by Gasteiger charge is 2.17. The van der Waals surface area contributed by atoms with Gasteiger partial charge < -0.3 is 9.47 Å². The van der Waals surface area contributed by atoms with Gasteiger partial charge in [-0.05, 0) is 12.1 Å². The molecule has 17 heavy (non-hydrogen) atoms. The zero-order chi connectivity index (χ0) is 13.0. The number of carbonyl (C=O) groups is 1. The molecule has 90 valence electrons. The van der Waals surface area contributed by atoms with Crippen LogP contribution in [-0.2, 0) is 4.74 Å². The number of methoxy groups -OCH3 is 1. The van der Waals surface area contributed by atoms with Crippen LogP contribution in [0.15, 0.2) is 12.1 Å². The van der Waals surface area contributed by atoms with Crippen LogP contribution in [0.2, 0.25) is 5.02 Å². The highest BCUT2D eigenvalue weighted by atomic mass is 35.5. The smallest absolute Gasteiger partial charge is 0.387 e. The second-order valence-corrected chi connectivity index (χ2v) is 3.22. The minimum absolute atomic E-state index is 0.0767. The minimum atomic E-state index is -3.12. The SMILES string of the molecule is COC(=O)c1cc(Cl)c(C#N)c(OC(F)F)c1. The van der Waals surface area contributed by atoms with Gasteiger partial charge in [-0.25, -0.2) is 4.79 Å². The van der Waals surface area contributed by atoms with Gasteiger partial charge in [0.15, 0.2) is 0 Å². The number of nitriles is 1. The number of halogens is 3. The third-order valence-electron chi connectivity index (χ3n) is 1.80. The second kappa shape index (κ2) is 5.46. The molecule has 0 saturated heterocycles. The Bertz CT molecular complexity index is 485. The van der Waals surface area contributed by atoms with Crippen molar-refractivity contribution in [1.82, 2.24) is 0 Å². The molecule has 0 aliphatic rings. The van der Waals surface area contributed by atoms with Gasteiger partial charge in [0.05, 0.1) is 17.7 Å². The van der Waals surface area contributed by atoms with Crippen LogP contribution in [0.1, 0.15) is 15.9 Å². The molecule has 0 atom stereocenters. The number of nitrogens with zero attached hydrogens (tertiary/aromatic N) is 1. The molecule has 7 heteroatoms. The summed E-state index contributed by atoms with van der Waals surface area (Å²) in [5.74, 6) is -1.23. The van der Waals surface area contributed by atoms with E-state index in [0.717, 1.165) is 19.2 Å². The molecule has 4 nitrogen and oxygen atoms in total. The van der Waals surface area contributed by atoms with Crippen molar-refractivity contribution in [3.8, 4) is 11.8 Å². The van der Waals surface area contributed by atoms with Crippen molar-refractivity contribution in [3.05, 3.63) is 28.3 Å². The van der Waals surface area contributed by atoms with E-state index in [-0.39, 0.29) is 16.1 Å². The molecule has 1 aromatic carbocycles. The fourth-order valence-electron chi connectivity index (χ4n) is 1.11. The number of carbonyl (C=O) groups excluding carboxylic acids is 1. The van der Waals surface area contributed by atoms with E-state index in [1.807, 2.05) is 0 Å². The molecule has 0 spiro atoms. The Morgan fingerprint density at radius 2 is 2.18 bits per heavy atom. The third-order valence-corrected chi connectivity index (χ3v) is 2.10. The van der Waals surface area contributed by atoms with Crippen molar-refractivity contribution in [3.63, 3.8) is 0 Å². The van der Waals surface area contributed by atoms with Crippen LogP contribution in [0.5, 0.6) is 5.75 Å². The van der Waals surface area contributed by atoms with E-state index in [1.165, 1.54) is 0 Å². The maximum Gasteiger partial charge on any atom is 0.387 e. The molecule has 0 heterocycles. The van der Waals surface area contributed by atoms with Crippen LogP contribution in [0.3, 0.4) is 0 Å². The molecule has 0 N–H and O–H groups in total. The summed E-state index contributed by atoms with van der Waals surface area (Å²) in [7, 11) is 1.13. The lowest BCUT2D eigenvalue weighted by Gasteiger charge is -2.09. The van der Waals surface area contributed by atoms with Crippen molar-refractivity contribution in [2.45, 2.75) is 6.61 Å². The zero-order valence-electron chi connectivity index (χ0n) is 8.54. The Morgan fingerprint density at radius 1 is 1.53 bits per heavy atom. The van der Waals surface area contributed by atoms with Crippen LogP contribution >= 0.6 is 11.6 Å². The molecule has 0 aliphatic heterocycles. The Labute approximate surface area is 100 Å². The number of hydrogen-bond donors (Lipinski definition) is 0. The predicted molar refractivity (Wildman–Crippen MR) is 54.1 cm³/mol. The van der Waals surface area contributed by atoms with Gasteiger partial charge in [0.1, 0.15) is 17.4 Å². The van der Waals surface area contributed by atoms with Gasteiger partial charge in [-0.3, -0.25) is 0 Å². The van der Waals surface area contributed by atoms with Crippen molar-refractivity contribution in [2.75, 3.05) is 7.11 Å². The van der Waals surface area contributed by atoms with E-state index in [2.05, 4.69) is 9.47 Å². The topological polar surface area (TPSA) is 59.3 Å². The van der Waals surface area contributed by atoms with Gasteiger partial charge in [-0.2, -0.15) is 14.0 Å². The lowest BCUT2D eigenvalue weighted by molar-refractivity contribution is -0.0501. The highest BCUT2D eigenvalue weighted by molar-refractivity contribution is 6.32. The van der Waals surface area contributed by atoms with Crippen molar-refractivity contribution >= 4 is 17.6 Å². The molecule has 0 radical (unpaired) electrons. The molecule has 0 saturated carbocycles. The normalized spacial score (nSPS) is 9.88. The summed E-state index contributed by atoms with van der Waals surface area (Å²) in [5.41, 5.74) is -0.341. The number of benzene rings is 1. The summed E-state index contributed by atoms with van der Waals surface area (Å²) in [6.45, 7) is -3.12. The Morgan fingerprint density at radius 3 is 2.65 bits per heavy atom. The van der Waals surface area contributed by atoms with Crippen molar-refractivity contribution in [2.24, 2.45) is 0 Å². The van der Waals surface area contributed by atoms with E-state index >= 15 is 0 Å². The molecule has 0 aliphatic carbocycles. The van der Waals surface area contributed by atoms with Crippen molar-refractivity contribution < 1.29 is 23.0 Å². The number of esters is 1. The van der Waals surface area contributed by atoms with Crippen LogP contribution in [-0.4, -0.2) is 19.7 Å². The number of rotatable bonds is 3. The summed E-state index contributed by atoms with van der Waals surface area (Å²) in [4.78, 5) is 11.2. The van der Waals surface area contributed by atoms with Gasteiger partial charge in [-0.1, -0.05) is 11.6 Å². The third kappa shape index (κ3) is 3.04. The van der Waals surface area contributed by atoms with Crippen molar-refractivity contribution in [1.29, 1.82) is 5.26 Å². The van der Waals surface area contributed by atoms with Gasteiger partial charge in [0, 0.05) is 0 Å². The van der Waals surface area contributed by atoms with Gasteiger partial charge in [0.25, 0.3) is 0 Å². The van der Waals surface area contributed by atoms with Gasteiger partial charge in [-0.15, -0.1) is 0 Å². The quantitative estimate of drug-likeness (QED) is 0.785. The molecule has 0 aromatic heterocycles. The number of hydrogen-bond acceptors (Lipinski definition) is 4. The molecule has 0 bridgehead atoms. The Kier molecular flexibility index (Phi) is 4.24. The molecule has 1 aromatic rings. The average Bonchev–Trinajstić information content (AvgIpc) is 2.26. The summed E-state index contributed by atoms with van der Waals surface area (Å²) in [5, 5.41) is 8.56. The number of alkyl halides is 2. The molecular weight excluding hydrogens is 256 g/mol. The Balaban J connectivity index is 3.29. The lowest BCUT2D eigenvalue weighted by atomic mass is 10.1. The van der Waals surface area contributed by atoms with E-state index in [0.29, 0.717) is 0 Å². The van der Waals surface area contributed by atoms with Gasteiger partial charge >= 0.3 is 12.6 Å². The summed E-state index contributed by atoms with van der Waals surface area (Å²) in [6, 6.07) is 3.73. The molecule has 0 unspecified atom stereocenters. The monoisotopic (exact) mass is 261 g/mol. The first-order valence-corrected chi connectivity index (χ1v) is 4.64. The fraction of sp³-hybridized carbons (Fsp3) is 0.200. The standard InChI is InChI=1S/C10H6ClF2NO3/c1-16-9(15)5-2-7(11)6(4-14)8(3-5)17-10(12)13/h2-3,10H,1H3. The first kappa shape index (κ1) is 13.2.